The van der Waals surface area contributed by atoms with Crippen LogP contribution >= 0.6 is 0 Å². The predicted octanol–water partition coefficient (Wildman–Crippen LogP) is 0.586. The van der Waals surface area contributed by atoms with E-state index in [1.54, 1.807) is 13.2 Å². The summed E-state index contributed by atoms with van der Waals surface area (Å²) in [7, 11) is 1.61. The highest BCUT2D eigenvalue weighted by Crippen LogP contribution is 1.92. The lowest BCUT2D eigenvalue weighted by atomic mass is 10.3. The lowest BCUT2D eigenvalue weighted by molar-refractivity contribution is 0.0146. The summed E-state index contributed by atoms with van der Waals surface area (Å²) >= 11 is 0. The van der Waals surface area contributed by atoms with Crippen molar-refractivity contribution in [3.05, 3.63) is 12.7 Å². The Hall–Kier alpha value is -0.380. The number of aliphatic hydroxyl groups excluding tert-OH is 1. The summed E-state index contributed by atoms with van der Waals surface area (Å²) in [5, 5.41) is 9.11. The predicted molar refractivity (Wildman–Crippen MR) is 43.5 cm³/mol. The molecular formula is C8H16O3. The fourth-order valence-electron chi connectivity index (χ4n) is 0.622. The Morgan fingerprint density at radius 2 is 2.27 bits per heavy atom. The van der Waals surface area contributed by atoms with Gasteiger partial charge in [-0.15, -0.1) is 6.58 Å². The molecule has 0 heterocycles. The molecule has 0 aliphatic rings. The Balaban J connectivity index is 3.03. The van der Waals surface area contributed by atoms with E-state index in [4.69, 9.17) is 14.6 Å². The summed E-state index contributed by atoms with van der Waals surface area (Å²) in [5.74, 6) is 0. The summed E-state index contributed by atoms with van der Waals surface area (Å²) < 4.78 is 9.82. The van der Waals surface area contributed by atoms with Crippen LogP contribution in [0, 0.1) is 0 Å². The van der Waals surface area contributed by atoms with Crippen LogP contribution in [0.4, 0.5) is 0 Å². The van der Waals surface area contributed by atoms with Gasteiger partial charge < -0.3 is 14.6 Å². The van der Waals surface area contributed by atoms with Crippen LogP contribution in [0.25, 0.3) is 0 Å². The zero-order valence-corrected chi connectivity index (χ0v) is 6.95. The van der Waals surface area contributed by atoms with Gasteiger partial charge in [-0.2, -0.15) is 0 Å². The van der Waals surface area contributed by atoms with Gasteiger partial charge in [-0.1, -0.05) is 6.08 Å². The van der Waals surface area contributed by atoms with Crippen LogP contribution in [0.3, 0.4) is 0 Å². The fraction of sp³-hybridized carbons (Fsp3) is 0.750. The Labute approximate surface area is 67.6 Å². The molecule has 0 aromatic heterocycles. The van der Waals surface area contributed by atoms with Crippen LogP contribution in [0.5, 0.6) is 0 Å². The molecule has 0 aliphatic carbocycles. The smallest absolute Gasteiger partial charge is 0.0807 e. The van der Waals surface area contributed by atoms with Crippen molar-refractivity contribution in [3.8, 4) is 0 Å². The minimum absolute atomic E-state index is 0.357. The fourth-order valence-corrected chi connectivity index (χ4v) is 0.622. The quantitative estimate of drug-likeness (QED) is 0.437. The van der Waals surface area contributed by atoms with E-state index in [2.05, 4.69) is 6.58 Å². The van der Waals surface area contributed by atoms with Crippen LogP contribution in [-0.4, -0.2) is 38.1 Å². The van der Waals surface area contributed by atoms with E-state index < -0.39 is 6.10 Å². The Morgan fingerprint density at radius 1 is 1.55 bits per heavy atom. The molecule has 0 fully saturated rings. The third-order valence-electron chi connectivity index (χ3n) is 1.18. The maximum absolute atomic E-state index is 9.11. The van der Waals surface area contributed by atoms with E-state index in [0.29, 0.717) is 26.2 Å². The second kappa shape index (κ2) is 7.72. The van der Waals surface area contributed by atoms with E-state index >= 15 is 0 Å². The maximum atomic E-state index is 9.11. The molecule has 0 amide bonds. The van der Waals surface area contributed by atoms with Crippen molar-refractivity contribution in [2.24, 2.45) is 0 Å². The second-order valence-corrected chi connectivity index (χ2v) is 2.25. The molecule has 0 aromatic rings. The molecule has 0 rings (SSSR count). The number of methoxy groups -OCH3 is 1. The van der Waals surface area contributed by atoms with Gasteiger partial charge in [0.25, 0.3) is 0 Å². The minimum Gasteiger partial charge on any atom is -0.390 e. The van der Waals surface area contributed by atoms with Crippen LogP contribution in [0.1, 0.15) is 6.42 Å². The molecule has 0 aromatic carbocycles. The van der Waals surface area contributed by atoms with E-state index in [9.17, 15) is 0 Å². The van der Waals surface area contributed by atoms with Gasteiger partial charge in [0.05, 0.1) is 25.9 Å². The molecule has 0 bridgehead atoms. The average molecular weight is 160 g/mol. The van der Waals surface area contributed by atoms with Gasteiger partial charge in [-0.3, -0.25) is 0 Å². The normalized spacial score (nSPS) is 12.9. The molecule has 1 unspecified atom stereocenters. The van der Waals surface area contributed by atoms with Crippen LogP contribution in [-0.2, 0) is 9.47 Å². The first-order valence-electron chi connectivity index (χ1n) is 3.67. The number of ether oxygens (including phenoxy) is 2. The molecule has 3 nitrogen and oxygen atoms in total. The van der Waals surface area contributed by atoms with Crippen molar-refractivity contribution >= 4 is 0 Å². The van der Waals surface area contributed by atoms with E-state index in [0.717, 1.165) is 0 Å². The third kappa shape index (κ3) is 7.52. The Bertz CT molecular complexity index is 93.3. The van der Waals surface area contributed by atoms with Crippen molar-refractivity contribution in [2.75, 3.05) is 26.9 Å². The topological polar surface area (TPSA) is 38.7 Å². The number of aliphatic hydroxyl groups is 1. The standard InChI is InChI=1S/C8H16O3/c1-3-4-8(9)7-11-6-5-10-2/h3,8-9H,1,4-7H2,2H3. The first-order chi connectivity index (χ1) is 5.31. The lowest BCUT2D eigenvalue weighted by Crippen LogP contribution is -2.16. The first kappa shape index (κ1) is 10.6. The molecule has 1 N–H and O–H groups in total. The van der Waals surface area contributed by atoms with Gasteiger partial charge in [0.2, 0.25) is 0 Å². The lowest BCUT2D eigenvalue weighted by Gasteiger charge is -2.07. The largest absolute Gasteiger partial charge is 0.390 e. The minimum atomic E-state index is -0.427. The Morgan fingerprint density at radius 3 is 2.82 bits per heavy atom. The molecule has 0 spiro atoms. The summed E-state index contributed by atoms with van der Waals surface area (Å²) in [5.41, 5.74) is 0. The molecule has 1 atom stereocenters. The highest BCUT2D eigenvalue weighted by atomic mass is 16.5. The van der Waals surface area contributed by atoms with Crippen molar-refractivity contribution in [2.45, 2.75) is 12.5 Å². The molecule has 3 heteroatoms. The molecule has 0 saturated carbocycles. The van der Waals surface area contributed by atoms with Crippen LogP contribution in [0.15, 0.2) is 12.7 Å². The van der Waals surface area contributed by atoms with Crippen LogP contribution in [0.2, 0.25) is 0 Å². The van der Waals surface area contributed by atoms with Crippen molar-refractivity contribution < 1.29 is 14.6 Å². The summed E-state index contributed by atoms with van der Waals surface area (Å²) in [6, 6.07) is 0. The zero-order chi connectivity index (χ0) is 8.53. The highest BCUT2D eigenvalue weighted by molar-refractivity contribution is 4.71. The molecule has 66 valence electrons. The maximum Gasteiger partial charge on any atom is 0.0807 e. The van der Waals surface area contributed by atoms with Gasteiger partial charge >= 0.3 is 0 Å². The zero-order valence-electron chi connectivity index (χ0n) is 6.95. The Kier molecular flexibility index (Phi) is 7.46. The molecule has 11 heavy (non-hydrogen) atoms. The summed E-state index contributed by atoms with van der Waals surface area (Å²) in [6.07, 6.45) is 1.82. The van der Waals surface area contributed by atoms with Gasteiger partial charge in [-0.25, -0.2) is 0 Å². The SMILES string of the molecule is C=CCC(O)COCCOC. The number of rotatable bonds is 7. The van der Waals surface area contributed by atoms with E-state index in [-0.39, 0.29) is 0 Å². The second-order valence-electron chi connectivity index (χ2n) is 2.25. The number of hydrogen-bond donors (Lipinski definition) is 1. The van der Waals surface area contributed by atoms with E-state index in [1.165, 1.54) is 0 Å². The molecular weight excluding hydrogens is 144 g/mol. The summed E-state index contributed by atoms with van der Waals surface area (Å²) in [4.78, 5) is 0. The summed E-state index contributed by atoms with van der Waals surface area (Å²) in [6.45, 7) is 4.96. The molecule has 0 radical (unpaired) electrons. The third-order valence-corrected chi connectivity index (χ3v) is 1.18. The van der Waals surface area contributed by atoms with Gasteiger partial charge in [-0.05, 0) is 6.42 Å². The highest BCUT2D eigenvalue weighted by Gasteiger charge is 1.99. The van der Waals surface area contributed by atoms with Gasteiger partial charge in [0.15, 0.2) is 0 Å². The van der Waals surface area contributed by atoms with Gasteiger partial charge in [0, 0.05) is 7.11 Å². The average Bonchev–Trinajstić information content (AvgIpc) is 1.99. The first-order valence-corrected chi connectivity index (χ1v) is 3.67. The van der Waals surface area contributed by atoms with Crippen molar-refractivity contribution in [1.29, 1.82) is 0 Å². The molecule has 0 aliphatic heterocycles. The number of hydrogen-bond acceptors (Lipinski definition) is 3. The molecule has 0 saturated heterocycles. The van der Waals surface area contributed by atoms with Crippen LogP contribution < -0.4 is 0 Å². The van der Waals surface area contributed by atoms with Crippen molar-refractivity contribution in [1.82, 2.24) is 0 Å². The van der Waals surface area contributed by atoms with Gasteiger partial charge in [0.1, 0.15) is 0 Å². The monoisotopic (exact) mass is 160 g/mol. The van der Waals surface area contributed by atoms with Crippen molar-refractivity contribution in [3.63, 3.8) is 0 Å². The van der Waals surface area contributed by atoms with E-state index in [1.807, 2.05) is 0 Å².